The molecule has 1 N–H and O–H groups in total. The number of rotatable bonds is 4. The number of hydrogen-bond acceptors (Lipinski definition) is 3. The molecule has 0 aliphatic rings. The van der Waals surface area contributed by atoms with Crippen molar-refractivity contribution in [1.82, 2.24) is 10.2 Å². The molecule has 0 amide bonds. The number of hydrogen-bond donors (Lipinski definition) is 1. The largest absolute Gasteiger partial charge is 0.453 e. The Morgan fingerprint density at radius 2 is 1.72 bits per heavy atom. The van der Waals surface area contributed by atoms with Crippen molar-refractivity contribution in [3.8, 4) is 11.3 Å². The van der Waals surface area contributed by atoms with Crippen LogP contribution in [0.15, 0.2) is 48.5 Å². The first-order valence-corrected chi connectivity index (χ1v) is 8.54. The summed E-state index contributed by atoms with van der Waals surface area (Å²) in [6.07, 6.45) is -0.528. The summed E-state index contributed by atoms with van der Waals surface area (Å²) in [5, 5.41) is 8.42. The van der Waals surface area contributed by atoms with Gasteiger partial charge in [0.15, 0.2) is 0 Å². The van der Waals surface area contributed by atoms with Crippen LogP contribution in [0.25, 0.3) is 11.3 Å². The molecule has 0 radical (unpaired) electrons. The fraction of sp³-hybridized carbons (Fsp3) is 0.111. The van der Waals surface area contributed by atoms with Gasteiger partial charge in [-0.15, -0.1) is 0 Å². The van der Waals surface area contributed by atoms with Gasteiger partial charge in [0.25, 0.3) is 0 Å². The maximum absolute atomic E-state index is 12.3. The van der Waals surface area contributed by atoms with Crippen molar-refractivity contribution in [3.63, 3.8) is 0 Å². The van der Waals surface area contributed by atoms with Crippen LogP contribution in [-0.4, -0.2) is 16.2 Å². The van der Waals surface area contributed by atoms with E-state index in [9.17, 15) is 4.79 Å². The minimum absolute atomic E-state index is 0.252. The van der Waals surface area contributed by atoms with Gasteiger partial charge in [0.05, 0.1) is 5.69 Å². The number of nitrogens with one attached hydrogen (secondary N) is 1. The summed E-state index contributed by atoms with van der Waals surface area (Å²) in [4.78, 5) is 12.3. The van der Waals surface area contributed by atoms with Crippen LogP contribution < -0.4 is 0 Å². The summed E-state index contributed by atoms with van der Waals surface area (Å²) in [6, 6.07) is 13.8. The molecule has 0 bridgehead atoms. The predicted molar refractivity (Wildman–Crippen MR) is 99.3 cm³/mol. The zero-order valence-electron chi connectivity index (χ0n) is 13.1. The Labute approximate surface area is 159 Å². The van der Waals surface area contributed by atoms with Crippen LogP contribution in [0, 0.1) is 0 Å². The number of benzene rings is 2. The molecule has 1 heterocycles. The Kier molecular flexibility index (Phi) is 5.33. The maximum Gasteiger partial charge on any atom is 0.356 e. The molecule has 3 aromatic rings. The number of esters is 1. The third-order valence-corrected chi connectivity index (χ3v) is 4.44. The lowest BCUT2D eigenvalue weighted by Gasteiger charge is -2.14. The predicted octanol–water partition coefficient (Wildman–Crippen LogP) is 5.95. The summed E-state index contributed by atoms with van der Waals surface area (Å²) >= 11 is 17.9. The second kappa shape index (κ2) is 7.48. The zero-order chi connectivity index (χ0) is 18.0. The van der Waals surface area contributed by atoms with Gasteiger partial charge >= 0.3 is 5.97 Å². The molecule has 0 saturated carbocycles. The lowest BCUT2D eigenvalue weighted by atomic mass is 10.1. The Balaban J connectivity index is 1.74. The first kappa shape index (κ1) is 17.8. The highest BCUT2D eigenvalue weighted by atomic mass is 35.5. The van der Waals surface area contributed by atoms with Gasteiger partial charge < -0.3 is 4.74 Å². The Morgan fingerprint density at radius 1 is 1.04 bits per heavy atom. The molecule has 4 nitrogen and oxygen atoms in total. The fourth-order valence-corrected chi connectivity index (χ4v) is 3.00. The van der Waals surface area contributed by atoms with Gasteiger partial charge in [0, 0.05) is 26.2 Å². The molecule has 0 aliphatic carbocycles. The van der Waals surface area contributed by atoms with E-state index in [2.05, 4.69) is 10.2 Å². The summed E-state index contributed by atoms with van der Waals surface area (Å²) in [6.45, 7) is 1.74. The Morgan fingerprint density at radius 3 is 2.40 bits per heavy atom. The summed E-state index contributed by atoms with van der Waals surface area (Å²) in [5.41, 5.74) is 2.40. The van der Waals surface area contributed by atoms with Gasteiger partial charge in [-0.05, 0) is 37.3 Å². The van der Waals surface area contributed by atoms with Crippen LogP contribution in [0.2, 0.25) is 15.1 Å². The number of aromatic amines is 1. The summed E-state index contributed by atoms with van der Waals surface area (Å²) in [5.74, 6) is -0.522. The number of aromatic nitrogens is 2. The van der Waals surface area contributed by atoms with Crippen molar-refractivity contribution in [3.05, 3.63) is 74.9 Å². The van der Waals surface area contributed by atoms with Crippen LogP contribution in [0.1, 0.15) is 29.1 Å². The molecular formula is C18H13Cl3N2O2. The van der Waals surface area contributed by atoms with Crippen molar-refractivity contribution in [1.29, 1.82) is 0 Å². The van der Waals surface area contributed by atoms with Crippen LogP contribution >= 0.6 is 34.8 Å². The van der Waals surface area contributed by atoms with Gasteiger partial charge in [0.1, 0.15) is 11.8 Å². The van der Waals surface area contributed by atoms with Crippen molar-refractivity contribution < 1.29 is 9.53 Å². The van der Waals surface area contributed by atoms with E-state index in [1.165, 1.54) is 0 Å². The van der Waals surface area contributed by atoms with Crippen LogP contribution in [0.5, 0.6) is 0 Å². The lowest BCUT2D eigenvalue weighted by molar-refractivity contribution is 0.0331. The van der Waals surface area contributed by atoms with Gasteiger partial charge in [-0.25, -0.2) is 4.79 Å². The van der Waals surface area contributed by atoms with Crippen LogP contribution in [0.4, 0.5) is 0 Å². The monoisotopic (exact) mass is 394 g/mol. The number of ether oxygens (including phenoxy) is 1. The quantitative estimate of drug-likeness (QED) is 0.555. The molecule has 25 heavy (non-hydrogen) atoms. The number of carbonyl (C=O) groups excluding carboxylic acids is 1. The van der Waals surface area contributed by atoms with E-state index >= 15 is 0 Å². The van der Waals surface area contributed by atoms with E-state index in [0.29, 0.717) is 26.3 Å². The molecule has 7 heteroatoms. The standard InChI is InChI=1S/C18H13Cl3N2O2/c1-10(14-7-6-13(20)8-15(14)21)25-18(24)17-9-16(22-23-17)11-2-4-12(19)5-3-11/h2-10H,1H3,(H,22,23). The van der Waals surface area contributed by atoms with E-state index in [4.69, 9.17) is 39.5 Å². The molecule has 0 spiro atoms. The third kappa shape index (κ3) is 4.15. The number of H-pyrrole nitrogens is 1. The van der Waals surface area contributed by atoms with E-state index in [1.807, 2.05) is 12.1 Å². The zero-order valence-corrected chi connectivity index (χ0v) is 15.4. The van der Waals surface area contributed by atoms with Gasteiger partial charge in [-0.1, -0.05) is 53.0 Å². The van der Waals surface area contributed by atoms with Gasteiger partial charge in [-0.3, -0.25) is 5.10 Å². The molecule has 3 rings (SSSR count). The molecule has 1 atom stereocenters. The van der Waals surface area contributed by atoms with E-state index in [1.54, 1.807) is 43.3 Å². The van der Waals surface area contributed by atoms with Crippen molar-refractivity contribution in [2.24, 2.45) is 0 Å². The fourth-order valence-electron chi connectivity index (χ4n) is 2.31. The molecule has 0 aliphatic heterocycles. The highest BCUT2D eigenvalue weighted by molar-refractivity contribution is 6.35. The average molecular weight is 396 g/mol. The third-order valence-electron chi connectivity index (χ3n) is 3.62. The SMILES string of the molecule is CC(OC(=O)c1cc(-c2ccc(Cl)cc2)n[nH]1)c1ccc(Cl)cc1Cl. The Hall–Kier alpha value is -2.01. The minimum atomic E-state index is -0.528. The number of carbonyl (C=O) groups is 1. The molecular weight excluding hydrogens is 383 g/mol. The summed E-state index contributed by atoms with van der Waals surface area (Å²) in [7, 11) is 0. The molecule has 128 valence electrons. The summed E-state index contributed by atoms with van der Waals surface area (Å²) < 4.78 is 5.45. The van der Waals surface area contributed by atoms with Gasteiger partial charge in [-0.2, -0.15) is 5.10 Å². The van der Waals surface area contributed by atoms with Gasteiger partial charge in [0.2, 0.25) is 0 Å². The molecule has 1 unspecified atom stereocenters. The molecule has 0 saturated heterocycles. The molecule has 2 aromatic carbocycles. The average Bonchev–Trinajstić information content (AvgIpc) is 3.05. The smallest absolute Gasteiger partial charge is 0.356 e. The van der Waals surface area contributed by atoms with Crippen LogP contribution in [0.3, 0.4) is 0 Å². The number of halogens is 3. The molecule has 1 aromatic heterocycles. The van der Waals surface area contributed by atoms with E-state index in [-0.39, 0.29) is 5.69 Å². The van der Waals surface area contributed by atoms with Crippen molar-refractivity contribution in [2.45, 2.75) is 13.0 Å². The van der Waals surface area contributed by atoms with Crippen LogP contribution in [-0.2, 0) is 4.74 Å². The normalized spacial score (nSPS) is 12.0. The van der Waals surface area contributed by atoms with E-state index < -0.39 is 12.1 Å². The van der Waals surface area contributed by atoms with E-state index in [0.717, 1.165) is 5.56 Å². The first-order valence-electron chi connectivity index (χ1n) is 7.41. The first-order chi connectivity index (χ1) is 11.9. The highest BCUT2D eigenvalue weighted by Gasteiger charge is 2.18. The maximum atomic E-state index is 12.3. The second-order valence-electron chi connectivity index (χ2n) is 5.39. The Bertz CT molecular complexity index is 907. The number of nitrogens with zero attached hydrogens (tertiary/aromatic N) is 1. The second-order valence-corrected chi connectivity index (χ2v) is 6.67. The molecule has 0 fully saturated rings. The highest BCUT2D eigenvalue weighted by Crippen LogP contribution is 2.29. The van der Waals surface area contributed by atoms with Crippen molar-refractivity contribution >= 4 is 40.8 Å². The van der Waals surface area contributed by atoms with Crippen molar-refractivity contribution in [2.75, 3.05) is 0 Å². The topological polar surface area (TPSA) is 55.0 Å². The lowest BCUT2D eigenvalue weighted by Crippen LogP contribution is -2.10. The minimum Gasteiger partial charge on any atom is -0.453 e.